The lowest BCUT2D eigenvalue weighted by atomic mass is 10.0. The summed E-state index contributed by atoms with van der Waals surface area (Å²) in [4.78, 5) is 35.4. The molecule has 0 radical (unpaired) electrons. The molecule has 0 bridgehead atoms. The molecule has 2 atom stereocenters. The van der Waals surface area contributed by atoms with Gasteiger partial charge in [0.05, 0.1) is 27.7 Å². The molecule has 0 aliphatic heterocycles. The van der Waals surface area contributed by atoms with Crippen LogP contribution in [0.1, 0.15) is 219 Å². The van der Waals surface area contributed by atoms with Crippen LogP contribution < -0.4 is 0 Å². The lowest BCUT2D eigenvalue weighted by Gasteiger charge is -2.24. The summed E-state index contributed by atoms with van der Waals surface area (Å²) in [6.07, 6.45) is 45.2. The number of carbonyl (C=O) groups is 2. The number of carbonyl (C=O) groups excluding carboxylic acids is 2. The van der Waals surface area contributed by atoms with Gasteiger partial charge >= 0.3 is 19.8 Å². The van der Waals surface area contributed by atoms with Gasteiger partial charge in [-0.3, -0.25) is 18.6 Å². The van der Waals surface area contributed by atoms with Crippen LogP contribution in [0.3, 0.4) is 0 Å². The maximum absolute atomic E-state index is 12.7. The highest BCUT2D eigenvalue weighted by Gasteiger charge is 2.27. The van der Waals surface area contributed by atoms with Crippen molar-refractivity contribution in [3.63, 3.8) is 0 Å². The third kappa shape index (κ3) is 44.1. The molecule has 0 heterocycles. The number of allylic oxidation sites excluding steroid dienone is 4. The van der Waals surface area contributed by atoms with Gasteiger partial charge < -0.3 is 18.9 Å². The summed E-state index contributed by atoms with van der Waals surface area (Å²) < 4.78 is 34.3. The van der Waals surface area contributed by atoms with E-state index in [0.29, 0.717) is 23.9 Å². The largest absolute Gasteiger partial charge is 0.472 e. The molecule has 0 amide bonds. The van der Waals surface area contributed by atoms with Crippen molar-refractivity contribution < 1.29 is 42.1 Å². The summed E-state index contributed by atoms with van der Waals surface area (Å²) in [5.74, 6) is -0.841. The van der Waals surface area contributed by atoms with Gasteiger partial charge in [0.15, 0.2) is 6.10 Å². The first-order chi connectivity index (χ1) is 28.0. The van der Waals surface area contributed by atoms with Gasteiger partial charge in [-0.1, -0.05) is 192 Å². The zero-order valence-corrected chi connectivity index (χ0v) is 39.4. The molecule has 0 aromatic carbocycles. The molecule has 0 aliphatic carbocycles. The van der Waals surface area contributed by atoms with Crippen molar-refractivity contribution in [1.29, 1.82) is 0 Å². The van der Waals surface area contributed by atoms with Crippen molar-refractivity contribution in [2.75, 3.05) is 47.5 Å². The lowest BCUT2D eigenvalue weighted by Crippen LogP contribution is -2.37. The maximum atomic E-state index is 12.7. The highest BCUT2D eigenvalue weighted by Crippen LogP contribution is 2.43. The Hall–Kier alpha value is -1.51. The van der Waals surface area contributed by atoms with Gasteiger partial charge in [-0.25, -0.2) is 4.57 Å². The number of ether oxygens (including phenoxy) is 2. The Kier molecular flexibility index (Phi) is 39.8. The second-order valence-corrected chi connectivity index (χ2v) is 19.0. The van der Waals surface area contributed by atoms with Crippen molar-refractivity contribution in [3.05, 3.63) is 24.3 Å². The van der Waals surface area contributed by atoms with Crippen LogP contribution >= 0.6 is 7.82 Å². The second kappa shape index (κ2) is 40.9. The van der Waals surface area contributed by atoms with Gasteiger partial charge in [0.25, 0.3) is 0 Å². The molecule has 0 aliphatic rings. The van der Waals surface area contributed by atoms with E-state index in [1.54, 1.807) is 0 Å². The second-order valence-electron chi connectivity index (χ2n) is 17.5. The van der Waals surface area contributed by atoms with E-state index in [0.717, 1.165) is 32.1 Å². The first kappa shape index (κ1) is 56.5. The van der Waals surface area contributed by atoms with Crippen LogP contribution in [-0.2, 0) is 32.7 Å². The van der Waals surface area contributed by atoms with E-state index in [1.165, 1.54) is 148 Å². The van der Waals surface area contributed by atoms with Crippen molar-refractivity contribution >= 4 is 19.8 Å². The number of phosphoric acid groups is 1. The first-order valence-electron chi connectivity index (χ1n) is 24.1. The SMILES string of the molecule is CCCCCCCCCCC/C=C/C/C=C/CCCC(=O)OC[C@H](COP(=O)(O)OCC[N+](C)(C)C)OC(=O)CCCCCCCCCCCCCCCCCCC. The van der Waals surface area contributed by atoms with Gasteiger partial charge in [0, 0.05) is 12.8 Å². The smallest absolute Gasteiger partial charge is 0.462 e. The molecule has 0 spiro atoms. The van der Waals surface area contributed by atoms with Crippen LogP contribution in [0, 0.1) is 0 Å². The van der Waals surface area contributed by atoms with Crippen LogP contribution in [0.2, 0.25) is 0 Å². The fraction of sp³-hybridized carbons (Fsp3) is 0.875. The highest BCUT2D eigenvalue weighted by molar-refractivity contribution is 7.47. The quantitative estimate of drug-likeness (QED) is 0.0212. The van der Waals surface area contributed by atoms with E-state index in [1.807, 2.05) is 21.1 Å². The number of hydrogen-bond donors (Lipinski definition) is 1. The summed E-state index contributed by atoms with van der Waals surface area (Å²) in [5.41, 5.74) is 0. The predicted octanol–water partition coefficient (Wildman–Crippen LogP) is 13.9. The molecule has 1 N–H and O–H groups in total. The van der Waals surface area contributed by atoms with E-state index in [-0.39, 0.29) is 26.1 Å². The Bertz CT molecular complexity index is 1040. The number of esters is 2. The average molecular weight is 843 g/mol. The molecule has 0 aromatic heterocycles. The topological polar surface area (TPSA) is 108 Å². The number of hydrogen-bond acceptors (Lipinski definition) is 7. The normalized spacial score (nSPS) is 13.7. The minimum Gasteiger partial charge on any atom is -0.462 e. The van der Waals surface area contributed by atoms with Gasteiger partial charge in [-0.15, -0.1) is 0 Å². The van der Waals surface area contributed by atoms with E-state index in [2.05, 4.69) is 38.2 Å². The Balaban J connectivity index is 4.34. The van der Waals surface area contributed by atoms with E-state index in [9.17, 15) is 19.0 Å². The van der Waals surface area contributed by atoms with Crippen LogP contribution in [0.4, 0.5) is 0 Å². The predicted molar refractivity (Wildman–Crippen MR) is 243 cm³/mol. The minimum absolute atomic E-state index is 0.0279. The maximum Gasteiger partial charge on any atom is 0.472 e. The standard InChI is InChI=1S/C48H92NO8P/c1-6-8-10-12-14-16-18-20-22-24-26-28-30-32-34-36-38-40-47(50)54-44-46(45-56-58(52,53)55-43-42-49(3,4)5)57-48(51)41-39-37-35-33-31-29-27-25-23-21-19-17-15-13-11-9-7-2/h26,28,32,34,46H,6-25,27,29-31,33,35-45H2,1-5H3/p+1/b28-26+,34-32+/t46-/m1/s1. The summed E-state index contributed by atoms with van der Waals surface area (Å²) >= 11 is 0. The van der Waals surface area contributed by atoms with E-state index >= 15 is 0 Å². The van der Waals surface area contributed by atoms with Crippen LogP contribution in [0.15, 0.2) is 24.3 Å². The fourth-order valence-corrected chi connectivity index (χ4v) is 7.44. The summed E-state index contributed by atoms with van der Waals surface area (Å²) in [7, 11) is 1.47. The molecule has 0 saturated heterocycles. The molecule has 9 nitrogen and oxygen atoms in total. The van der Waals surface area contributed by atoms with Crippen LogP contribution in [0.5, 0.6) is 0 Å². The third-order valence-corrected chi connectivity index (χ3v) is 11.5. The monoisotopic (exact) mass is 843 g/mol. The number of quaternary nitrogens is 1. The van der Waals surface area contributed by atoms with Crippen LogP contribution in [-0.4, -0.2) is 74.9 Å². The van der Waals surface area contributed by atoms with E-state index < -0.39 is 32.5 Å². The molecule has 342 valence electrons. The Morgan fingerprint density at radius 3 is 1.41 bits per heavy atom. The average Bonchev–Trinajstić information content (AvgIpc) is 3.17. The Morgan fingerprint density at radius 2 is 0.948 bits per heavy atom. The van der Waals surface area contributed by atoms with Crippen LogP contribution in [0.25, 0.3) is 0 Å². The van der Waals surface area contributed by atoms with Gasteiger partial charge in [-0.2, -0.15) is 0 Å². The summed E-state index contributed by atoms with van der Waals surface area (Å²) in [6, 6.07) is 0. The first-order valence-corrected chi connectivity index (χ1v) is 25.6. The molecular weight excluding hydrogens is 750 g/mol. The van der Waals surface area contributed by atoms with Crippen molar-refractivity contribution in [3.8, 4) is 0 Å². The molecule has 0 aromatic rings. The molecule has 0 saturated carbocycles. The fourth-order valence-electron chi connectivity index (χ4n) is 6.70. The van der Waals surface area contributed by atoms with Gasteiger partial charge in [0.2, 0.25) is 0 Å². The number of rotatable bonds is 44. The number of phosphoric ester groups is 1. The minimum atomic E-state index is -4.38. The molecule has 0 rings (SSSR count). The number of unbranched alkanes of at least 4 members (excludes halogenated alkanes) is 26. The van der Waals surface area contributed by atoms with Gasteiger partial charge in [-0.05, 0) is 38.5 Å². The third-order valence-electron chi connectivity index (χ3n) is 10.5. The van der Waals surface area contributed by atoms with Crippen molar-refractivity contribution in [2.24, 2.45) is 0 Å². The number of likely N-dealkylation sites (N-methyl/N-ethyl adjacent to an activating group) is 1. The van der Waals surface area contributed by atoms with Gasteiger partial charge in [0.1, 0.15) is 19.8 Å². The molecule has 10 heteroatoms. The lowest BCUT2D eigenvalue weighted by molar-refractivity contribution is -0.870. The Morgan fingerprint density at radius 1 is 0.534 bits per heavy atom. The zero-order chi connectivity index (χ0) is 42.8. The zero-order valence-electron chi connectivity index (χ0n) is 38.5. The highest BCUT2D eigenvalue weighted by atomic mass is 31.2. The Labute approximate surface area is 358 Å². The number of nitrogens with zero attached hydrogens (tertiary/aromatic N) is 1. The molecule has 0 fully saturated rings. The molecular formula is C48H93NO8P+. The molecule has 58 heavy (non-hydrogen) atoms. The van der Waals surface area contributed by atoms with Crippen molar-refractivity contribution in [2.45, 2.75) is 225 Å². The van der Waals surface area contributed by atoms with E-state index in [4.69, 9.17) is 18.5 Å². The summed E-state index contributed by atoms with van der Waals surface area (Å²) in [6.45, 7) is 4.41. The van der Waals surface area contributed by atoms with Crippen molar-refractivity contribution in [1.82, 2.24) is 0 Å². The molecule has 1 unspecified atom stereocenters. The summed E-state index contributed by atoms with van der Waals surface area (Å²) in [5, 5.41) is 0.